The number of carbonyl (C=O) groups excluding carboxylic acids is 6. The molecule has 0 bridgehead atoms. The molecule has 2 aliphatic carbocycles. The molecule has 2 unspecified atom stereocenters. The van der Waals surface area contributed by atoms with Crippen molar-refractivity contribution in [3.8, 4) is 11.5 Å². The number of phenols is 2. The Balaban J connectivity index is 1.55. The molecule has 0 saturated carbocycles. The standard InChI is InChI=1S/C28H20N2O10/c1-7-3-9-5-11-15(23(33)13(9)27(37)39-7)25(35)17(19(29)21(11)31)18-20(30)22(32)12-6-10-4-8(2)40-28(38)14(10)24(34)16(12)26(18)36/h5-8,33-34H,3-4,29-30H2,1-2H3. The monoisotopic (exact) mass is 544 g/mol. The second-order valence-corrected chi connectivity index (χ2v) is 10.1. The molecule has 12 nitrogen and oxygen atoms in total. The zero-order valence-corrected chi connectivity index (χ0v) is 21.0. The first-order valence-corrected chi connectivity index (χ1v) is 12.2. The van der Waals surface area contributed by atoms with Crippen LogP contribution < -0.4 is 11.5 Å². The summed E-state index contributed by atoms with van der Waals surface area (Å²) in [7, 11) is 0. The van der Waals surface area contributed by atoms with E-state index in [0.29, 0.717) is 0 Å². The molecule has 0 fully saturated rings. The van der Waals surface area contributed by atoms with Gasteiger partial charge in [0.1, 0.15) is 34.8 Å². The van der Waals surface area contributed by atoms with Crippen molar-refractivity contribution in [2.24, 2.45) is 11.5 Å². The van der Waals surface area contributed by atoms with Gasteiger partial charge in [0.2, 0.25) is 23.1 Å². The van der Waals surface area contributed by atoms with Crippen LogP contribution in [-0.4, -0.2) is 57.5 Å². The SMILES string of the molecule is CC1Cc2cc3c(c(O)c2C(=O)O1)C(=O)C(C1=C(N)C(=O)c2cc4c(c(O)c2C1=O)C(=O)OC(C)C4)=C(N)C3=O. The lowest BCUT2D eigenvalue weighted by Gasteiger charge is -2.29. The number of hydrogen-bond donors (Lipinski definition) is 4. The average molecular weight is 544 g/mol. The third-order valence-corrected chi connectivity index (χ3v) is 7.48. The first kappa shape index (κ1) is 25.0. The summed E-state index contributed by atoms with van der Waals surface area (Å²) < 4.78 is 10.3. The lowest BCUT2D eigenvalue weighted by atomic mass is 9.75. The third kappa shape index (κ3) is 3.12. The Morgan fingerprint density at radius 2 is 0.975 bits per heavy atom. The van der Waals surface area contributed by atoms with Gasteiger partial charge in [-0.15, -0.1) is 0 Å². The van der Waals surface area contributed by atoms with Crippen molar-refractivity contribution < 1.29 is 48.5 Å². The summed E-state index contributed by atoms with van der Waals surface area (Å²) in [4.78, 5) is 79.3. The van der Waals surface area contributed by atoms with E-state index in [0.717, 1.165) is 0 Å². The topological polar surface area (TPSA) is 213 Å². The van der Waals surface area contributed by atoms with Gasteiger partial charge in [0.15, 0.2) is 0 Å². The number of hydrogen-bond acceptors (Lipinski definition) is 12. The Labute approximate surface area is 224 Å². The number of allylic oxidation sites excluding steroid dienone is 4. The number of fused-ring (bicyclic) bond motifs is 4. The van der Waals surface area contributed by atoms with Gasteiger partial charge in [0.05, 0.1) is 33.7 Å². The summed E-state index contributed by atoms with van der Waals surface area (Å²) in [6.07, 6.45) is -0.783. The van der Waals surface area contributed by atoms with Gasteiger partial charge in [-0.05, 0) is 37.1 Å². The maximum absolute atomic E-state index is 13.8. The number of esters is 2. The highest BCUT2D eigenvalue weighted by Crippen LogP contribution is 2.44. The van der Waals surface area contributed by atoms with Crippen molar-refractivity contribution in [2.75, 3.05) is 0 Å². The van der Waals surface area contributed by atoms with Crippen molar-refractivity contribution in [1.82, 2.24) is 0 Å². The number of benzene rings is 2. The molecule has 0 radical (unpaired) electrons. The minimum atomic E-state index is -1.15. The third-order valence-electron chi connectivity index (χ3n) is 7.48. The van der Waals surface area contributed by atoms with Crippen molar-refractivity contribution in [1.29, 1.82) is 0 Å². The molecule has 6 rings (SSSR count). The summed E-state index contributed by atoms with van der Waals surface area (Å²) in [5.74, 6) is -7.69. The fourth-order valence-electron chi connectivity index (χ4n) is 5.74. The maximum atomic E-state index is 13.8. The largest absolute Gasteiger partial charge is 0.506 e. The van der Waals surface area contributed by atoms with Crippen molar-refractivity contribution >= 4 is 35.1 Å². The molecule has 2 atom stereocenters. The average Bonchev–Trinajstić information content (AvgIpc) is 2.86. The van der Waals surface area contributed by atoms with Crippen molar-refractivity contribution in [3.05, 3.63) is 79.2 Å². The van der Waals surface area contributed by atoms with Gasteiger partial charge in [-0.1, -0.05) is 0 Å². The van der Waals surface area contributed by atoms with Crippen LogP contribution in [0.1, 0.15) is 87.1 Å². The number of nitrogens with two attached hydrogens (primary N) is 2. The highest BCUT2D eigenvalue weighted by atomic mass is 16.5. The smallest absolute Gasteiger partial charge is 0.342 e. The quantitative estimate of drug-likeness (QED) is 0.373. The first-order valence-electron chi connectivity index (χ1n) is 12.2. The van der Waals surface area contributed by atoms with Crippen LogP contribution >= 0.6 is 0 Å². The molecular weight excluding hydrogens is 524 g/mol. The Hall–Kier alpha value is -5.26. The van der Waals surface area contributed by atoms with Crippen LogP contribution in [0.3, 0.4) is 0 Å². The fourth-order valence-corrected chi connectivity index (χ4v) is 5.74. The summed E-state index contributed by atoms with van der Waals surface area (Å²) in [5.41, 5.74) is 7.21. The van der Waals surface area contributed by atoms with E-state index in [1.165, 1.54) is 12.1 Å². The lowest BCUT2D eigenvalue weighted by molar-refractivity contribution is 0.0285. The Morgan fingerprint density at radius 1 is 0.625 bits per heavy atom. The zero-order chi connectivity index (χ0) is 28.9. The van der Waals surface area contributed by atoms with E-state index in [9.17, 15) is 39.0 Å². The molecule has 0 saturated heterocycles. The van der Waals surface area contributed by atoms with Gasteiger partial charge in [0.25, 0.3) is 0 Å². The first-order chi connectivity index (χ1) is 18.8. The van der Waals surface area contributed by atoms with Gasteiger partial charge in [0, 0.05) is 24.0 Å². The fraction of sp³-hybridized carbons (Fsp3) is 0.214. The molecule has 0 amide bonds. The van der Waals surface area contributed by atoms with E-state index in [4.69, 9.17) is 20.9 Å². The molecule has 2 aromatic rings. The predicted molar refractivity (Wildman–Crippen MR) is 133 cm³/mol. The Bertz CT molecular complexity index is 1650. The van der Waals surface area contributed by atoms with E-state index in [1.807, 2.05) is 0 Å². The van der Waals surface area contributed by atoms with Gasteiger partial charge in [-0.2, -0.15) is 0 Å². The molecular formula is C28H20N2O10. The second-order valence-electron chi connectivity index (χ2n) is 10.1. The molecule has 2 aliphatic heterocycles. The Morgan fingerprint density at radius 3 is 1.32 bits per heavy atom. The number of rotatable bonds is 1. The number of aromatic hydroxyl groups is 2. The summed E-state index contributed by atoms with van der Waals surface area (Å²) in [6, 6.07) is 2.52. The molecule has 6 N–H and O–H groups in total. The van der Waals surface area contributed by atoms with E-state index < -0.39 is 92.4 Å². The number of phenolic OH excluding ortho intramolecular Hbond substituents is 2. The maximum Gasteiger partial charge on any atom is 0.342 e. The zero-order valence-electron chi connectivity index (χ0n) is 21.0. The van der Waals surface area contributed by atoms with E-state index in [2.05, 4.69) is 0 Å². The molecule has 2 aromatic carbocycles. The molecule has 202 valence electrons. The predicted octanol–water partition coefficient (Wildman–Crippen LogP) is 1.18. The molecule has 2 heterocycles. The summed E-state index contributed by atoms with van der Waals surface area (Å²) in [6.45, 7) is 3.23. The summed E-state index contributed by atoms with van der Waals surface area (Å²) >= 11 is 0. The molecule has 12 heteroatoms. The van der Waals surface area contributed by atoms with E-state index in [1.54, 1.807) is 13.8 Å². The number of ketones is 4. The normalized spacial score (nSPS) is 21.9. The molecule has 0 aromatic heterocycles. The minimum Gasteiger partial charge on any atom is -0.506 e. The minimum absolute atomic E-state index is 0.159. The molecule has 40 heavy (non-hydrogen) atoms. The number of Topliss-reactive ketones (excluding diaryl/α,β-unsaturated/α-hetero) is 4. The van der Waals surface area contributed by atoms with Crippen LogP contribution in [0.15, 0.2) is 34.7 Å². The van der Waals surface area contributed by atoms with Crippen LogP contribution in [0.5, 0.6) is 11.5 Å². The highest BCUT2D eigenvalue weighted by Gasteiger charge is 2.45. The molecule has 0 spiro atoms. The number of ether oxygens (including phenoxy) is 2. The molecule has 4 aliphatic rings. The second kappa shape index (κ2) is 8.12. The number of carbonyl (C=O) groups is 6. The van der Waals surface area contributed by atoms with Crippen LogP contribution in [0.4, 0.5) is 0 Å². The van der Waals surface area contributed by atoms with E-state index >= 15 is 0 Å². The van der Waals surface area contributed by atoms with Crippen LogP contribution in [0.25, 0.3) is 0 Å². The van der Waals surface area contributed by atoms with Crippen molar-refractivity contribution in [3.63, 3.8) is 0 Å². The van der Waals surface area contributed by atoms with Crippen LogP contribution in [0, 0.1) is 0 Å². The van der Waals surface area contributed by atoms with Crippen LogP contribution in [-0.2, 0) is 22.3 Å². The number of cyclic esters (lactones) is 2. The van der Waals surface area contributed by atoms with Crippen LogP contribution in [0.2, 0.25) is 0 Å². The Kier molecular flexibility index (Phi) is 5.08. The van der Waals surface area contributed by atoms with Crippen molar-refractivity contribution in [2.45, 2.75) is 38.9 Å². The summed E-state index contributed by atoms with van der Waals surface area (Å²) in [5, 5.41) is 21.9. The lowest BCUT2D eigenvalue weighted by Crippen LogP contribution is -2.36. The van der Waals surface area contributed by atoms with Gasteiger partial charge >= 0.3 is 11.9 Å². The van der Waals surface area contributed by atoms with E-state index in [-0.39, 0.29) is 46.2 Å². The highest BCUT2D eigenvalue weighted by molar-refractivity contribution is 6.38. The van der Waals surface area contributed by atoms with Gasteiger partial charge in [-0.3, -0.25) is 19.2 Å². The van der Waals surface area contributed by atoms with Gasteiger partial charge < -0.3 is 31.2 Å². The van der Waals surface area contributed by atoms with Gasteiger partial charge in [-0.25, -0.2) is 9.59 Å².